The van der Waals surface area contributed by atoms with Gasteiger partial charge in [-0.05, 0) is 12.2 Å². The van der Waals surface area contributed by atoms with Crippen molar-refractivity contribution >= 4 is 32.7 Å². The van der Waals surface area contributed by atoms with Crippen LogP contribution in [0.5, 0.6) is 0 Å². The Balaban J connectivity index is 2.86. The van der Waals surface area contributed by atoms with Crippen LogP contribution in [0.4, 0.5) is 0 Å². The minimum atomic E-state index is -0.553. The summed E-state index contributed by atoms with van der Waals surface area (Å²) in [7, 11) is -0.553. The zero-order valence-electron chi connectivity index (χ0n) is 5.30. The lowest BCUT2D eigenvalue weighted by molar-refractivity contribution is 1.08. The normalized spacial score (nSPS) is 13.9. The number of hydrogen-bond acceptors (Lipinski definition) is 2. The molecule has 8 heavy (non-hydrogen) atoms. The fourth-order valence-corrected chi connectivity index (χ4v) is 2.69. The average Bonchev–Trinajstić information content (AvgIpc) is 1.83. The van der Waals surface area contributed by atoms with E-state index in [1.807, 2.05) is 0 Å². The van der Waals surface area contributed by atoms with Gasteiger partial charge in [0.05, 0.1) is 7.95 Å². The molecular weight excluding hydrogens is 152 g/mol. The number of thiol groups is 2. The minimum Gasteiger partial charge on any atom is -0.206 e. The minimum absolute atomic E-state index is 0.553. The highest BCUT2D eigenvalue weighted by atomic mass is 32.3. The summed E-state index contributed by atoms with van der Waals surface area (Å²) in [4.78, 5) is 0. The van der Waals surface area contributed by atoms with Crippen molar-refractivity contribution in [3.05, 3.63) is 0 Å². The maximum Gasteiger partial charge on any atom is 0.0969 e. The van der Waals surface area contributed by atoms with Gasteiger partial charge in [-0.3, -0.25) is 0 Å². The Bertz CT molecular complexity index is 49.7. The Morgan fingerprint density at radius 3 is 2.50 bits per heavy atom. The molecule has 0 saturated heterocycles. The third-order valence-electron chi connectivity index (χ3n) is 1.17. The smallest absolute Gasteiger partial charge is 0.0969 e. The molecule has 1 unspecified atom stereocenters. The molecule has 0 aromatic carbocycles. The second kappa shape index (κ2) is 6.04. The summed E-state index contributed by atoms with van der Waals surface area (Å²) in [5.41, 5.74) is 0. The summed E-state index contributed by atoms with van der Waals surface area (Å²) in [6.45, 7) is 2.22. The summed E-state index contributed by atoms with van der Waals surface area (Å²) in [5, 5.41) is 0. The maximum atomic E-state index is 4.47. The highest BCUT2D eigenvalue weighted by molar-refractivity contribution is 8.10. The number of hydrogen-bond donors (Lipinski definition) is 2. The highest BCUT2D eigenvalue weighted by Crippen LogP contribution is 2.06. The Kier molecular flexibility index (Phi) is 6.74. The molecule has 0 aliphatic rings. The molecule has 0 aromatic rings. The molecule has 0 nitrogen and oxygen atoms in total. The number of rotatable bonds is 4. The van der Waals surface area contributed by atoms with E-state index in [1.54, 1.807) is 0 Å². The molecule has 50 valence electrons. The van der Waals surface area contributed by atoms with Gasteiger partial charge in [-0.25, -0.2) is 12.1 Å². The molecule has 0 aromatic heterocycles. The van der Waals surface area contributed by atoms with Crippen LogP contribution in [0.3, 0.4) is 0 Å². The van der Waals surface area contributed by atoms with Crippen molar-refractivity contribution in [3.63, 3.8) is 0 Å². The van der Waals surface area contributed by atoms with Gasteiger partial charge < -0.3 is 0 Å². The van der Waals surface area contributed by atoms with Crippen LogP contribution >= 0.6 is 24.7 Å². The van der Waals surface area contributed by atoms with Gasteiger partial charge in [-0.2, -0.15) is 12.6 Å². The summed E-state index contributed by atoms with van der Waals surface area (Å²) in [6.07, 6.45) is 1.26. The van der Waals surface area contributed by atoms with Crippen LogP contribution in [-0.4, -0.2) is 13.7 Å². The van der Waals surface area contributed by atoms with Crippen molar-refractivity contribution in [1.29, 1.82) is 0 Å². The first-order valence-corrected chi connectivity index (χ1v) is 7.43. The Hall–Kier alpha value is 0.917. The van der Waals surface area contributed by atoms with Crippen LogP contribution in [0.15, 0.2) is 0 Å². The van der Waals surface area contributed by atoms with E-state index >= 15 is 0 Å². The third kappa shape index (κ3) is 5.06. The van der Waals surface area contributed by atoms with E-state index in [1.165, 1.54) is 18.5 Å². The Morgan fingerprint density at radius 1 is 1.50 bits per heavy atom. The third-order valence-corrected chi connectivity index (χ3v) is 5.37. The van der Waals surface area contributed by atoms with Crippen molar-refractivity contribution in [3.8, 4) is 0 Å². The predicted octanol–water partition coefficient (Wildman–Crippen LogP) is 1.98. The van der Waals surface area contributed by atoms with Crippen molar-refractivity contribution in [2.75, 3.05) is 5.75 Å². The largest absolute Gasteiger partial charge is 0.206 e. The zero-order valence-corrected chi connectivity index (χ0v) is 8.24. The van der Waals surface area contributed by atoms with E-state index in [0.717, 1.165) is 5.75 Å². The second-order valence-electron chi connectivity index (χ2n) is 1.93. The molecule has 0 rings (SSSR count). The SMILES string of the molecule is CC[SiH](S)CCCS. The standard InChI is InChI=1S/C5H14S2Si/c1-2-8(7)5-3-4-6/h6-8H,2-5H2,1H3. The van der Waals surface area contributed by atoms with E-state index in [9.17, 15) is 0 Å². The van der Waals surface area contributed by atoms with E-state index in [4.69, 9.17) is 0 Å². The van der Waals surface area contributed by atoms with Gasteiger partial charge in [-0.1, -0.05) is 19.0 Å². The van der Waals surface area contributed by atoms with Crippen LogP contribution in [-0.2, 0) is 0 Å². The van der Waals surface area contributed by atoms with Crippen LogP contribution in [0.1, 0.15) is 13.3 Å². The topological polar surface area (TPSA) is 0 Å². The van der Waals surface area contributed by atoms with Crippen molar-refractivity contribution < 1.29 is 0 Å². The van der Waals surface area contributed by atoms with Gasteiger partial charge in [-0.15, -0.1) is 0 Å². The molecule has 1 atom stereocenters. The van der Waals surface area contributed by atoms with Gasteiger partial charge in [0, 0.05) is 0 Å². The first kappa shape index (κ1) is 8.92. The summed E-state index contributed by atoms with van der Waals surface area (Å²) in [6, 6.07) is 2.67. The molecule has 0 spiro atoms. The molecule has 0 radical (unpaired) electrons. The zero-order chi connectivity index (χ0) is 6.41. The maximum absolute atomic E-state index is 4.47. The molecular formula is C5H14S2Si. The fraction of sp³-hybridized carbons (Fsp3) is 1.00. The van der Waals surface area contributed by atoms with Crippen LogP contribution in [0, 0.1) is 0 Å². The van der Waals surface area contributed by atoms with E-state index in [-0.39, 0.29) is 0 Å². The molecule has 0 amide bonds. The summed E-state index contributed by atoms with van der Waals surface area (Å²) >= 11 is 8.59. The van der Waals surface area contributed by atoms with Gasteiger partial charge in [0.2, 0.25) is 0 Å². The summed E-state index contributed by atoms with van der Waals surface area (Å²) in [5.74, 6) is 1.03. The van der Waals surface area contributed by atoms with E-state index in [0.29, 0.717) is 0 Å². The first-order valence-electron chi connectivity index (χ1n) is 3.10. The predicted molar refractivity (Wildman–Crippen MR) is 49.9 cm³/mol. The van der Waals surface area contributed by atoms with Gasteiger partial charge in [0.15, 0.2) is 0 Å². The lowest BCUT2D eigenvalue weighted by Crippen LogP contribution is -1.99. The first-order chi connectivity index (χ1) is 3.81. The van der Waals surface area contributed by atoms with Crippen molar-refractivity contribution in [2.45, 2.75) is 25.4 Å². The Morgan fingerprint density at radius 2 is 2.12 bits per heavy atom. The molecule has 0 saturated carbocycles. The lowest BCUT2D eigenvalue weighted by atomic mass is 10.6. The fourth-order valence-electron chi connectivity index (χ4n) is 0.531. The van der Waals surface area contributed by atoms with Crippen LogP contribution in [0.2, 0.25) is 12.1 Å². The quantitative estimate of drug-likeness (QED) is 0.463. The van der Waals surface area contributed by atoms with Gasteiger partial charge in [0.25, 0.3) is 0 Å². The monoisotopic (exact) mass is 166 g/mol. The molecule has 0 bridgehead atoms. The molecule has 0 fully saturated rings. The van der Waals surface area contributed by atoms with E-state index in [2.05, 4.69) is 31.6 Å². The van der Waals surface area contributed by atoms with Crippen LogP contribution < -0.4 is 0 Å². The second-order valence-corrected chi connectivity index (χ2v) is 7.27. The Labute approximate surface area is 64.1 Å². The molecule has 0 heterocycles. The molecule has 0 N–H and O–H groups in total. The van der Waals surface area contributed by atoms with Crippen molar-refractivity contribution in [1.82, 2.24) is 0 Å². The van der Waals surface area contributed by atoms with Crippen LogP contribution in [0.25, 0.3) is 0 Å². The van der Waals surface area contributed by atoms with Gasteiger partial charge >= 0.3 is 0 Å². The van der Waals surface area contributed by atoms with Crippen molar-refractivity contribution in [2.24, 2.45) is 0 Å². The lowest BCUT2D eigenvalue weighted by Gasteiger charge is -2.01. The summed E-state index contributed by atoms with van der Waals surface area (Å²) < 4.78 is 0. The molecule has 3 heteroatoms. The highest BCUT2D eigenvalue weighted by Gasteiger charge is 1.98. The van der Waals surface area contributed by atoms with Gasteiger partial charge in [0.1, 0.15) is 0 Å². The molecule has 0 aliphatic carbocycles. The van der Waals surface area contributed by atoms with E-state index < -0.39 is 7.95 Å². The average molecular weight is 166 g/mol. The molecule has 0 aliphatic heterocycles.